The van der Waals surface area contributed by atoms with Gasteiger partial charge in [0.05, 0.1) is 19.1 Å². The predicted octanol–water partition coefficient (Wildman–Crippen LogP) is 10.1. The molecule has 0 radical (unpaired) electrons. The molecule has 0 bridgehead atoms. The van der Waals surface area contributed by atoms with Gasteiger partial charge in [-0.2, -0.15) is 0 Å². The lowest BCUT2D eigenvalue weighted by atomic mass is 9.79. The standard InChI is InChI=1S/C46H78N2O6/c1-5-8-17-23-40-30-37-52-44(49)28-21-15-11-13-19-25-42(46(51)54-39-36-48-34-32-47(4)33-35-48)26-20-14-12-16-22-29-45(50)53-38-31-41(24-18-9-6-2)43(40)27-10-7-3/h40-42H,3,5-6,8-9,11-26,28-39H2,1-2,4H3. The highest BCUT2D eigenvalue weighted by Crippen LogP contribution is 2.33. The van der Waals surface area contributed by atoms with Crippen LogP contribution < -0.4 is 0 Å². The van der Waals surface area contributed by atoms with Crippen LogP contribution >= 0.6 is 0 Å². The molecular formula is C46H78N2O6. The van der Waals surface area contributed by atoms with Gasteiger partial charge in [-0.15, -0.1) is 0 Å². The first-order chi connectivity index (χ1) is 26.4. The molecule has 0 aromatic carbocycles. The lowest BCUT2D eigenvalue weighted by Crippen LogP contribution is -2.45. The molecule has 0 aromatic rings. The van der Waals surface area contributed by atoms with Crippen molar-refractivity contribution in [2.75, 3.05) is 59.6 Å². The van der Waals surface area contributed by atoms with E-state index in [1.54, 1.807) is 0 Å². The molecule has 8 nitrogen and oxygen atoms in total. The van der Waals surface area contributed by atoms with Crippen LogP contribution in [0.1, 0.15) is 168 Å². The summed E-state index contributed by atoms with van der Waals surface area (Å²) < 4.78 is 17.4. The van der Waals surface area contributed by atoms with E-state index in [1.165, 1.54) is 5.57 Å². The number of allylic oxidation sites excluding steroid dienone is 1. The van der Waals surface area contributed by atoms with Crippen LogP contribution in [0, 0.1) is 17.8 Å². The van der Waals surface area contributed by atoms with E-state index >= 15 is 0 Å². The Bertz CT molecular complexity index is 1090. The Hall–Kier alpha value is -2.59. The Morgan fingerprint density at radius 3 is 1.72 bits per heavy atom. The smallest absolute Gasteiger partial charge is 0.308 e. The van der Waals surface area contributed by atoms with Gasteiger partial charge >= 0.3 is 17.9 Å². The van der Waals surface area contributed by atoms with E-state index < -0.39 is 0 Å². The van der Waals surface area contributed by atoms with E-state index in [1.807, 2.05) is 0 Å². The van der Waals surface area contributed by atoms with Crippen molar-refractivity contribution in [1.82, 2.24) is 9.80 Å². The minimum atomic E-state index is -0.124. The average Bonchev–Trinajstić information content (AvgIpc) is 3.16. The SMILES string of the molecule is C=C=C=C=C1C(CCCCC)CCOC(=O)CCCCCCCC(C(=O)OCCN2CCN(C)CC2)CCCCCCCC(=O)OCCC1CCCCC. The molecule has 8 heteroatoms. The highest BCUT2D eigenvalue weighted by molar-refractivity contribution is 5.72. The van der Waals surface area contributed by atoms with Gasteiger partial charge in [0, 0.05) is 45.6 Å². The lowest BCUT2D eigenvalue weighted by molar-refractivity contribution is -0.150. The second-order valence-electron chi connectivity index (χ2n) is 15.9. The summed E-state index contributed by atoms with van der Waals surface area (Å²) in [5.74, 6) is 0.0755. The van der Waals surface area contributed by atoms with Gasteiger partial charge in [0.2, 0.25) is 0 Å². The van der Waals surface area contributed by atoms with E-state index in [0.717, 1.165) is 174 Å². The Labute approximate surface area is 330 Å². The number of likely N-dealkylation sites (N-methyl/N-ethyl adjacent to an activating group) is 1. The zero-order valence-electron chi connectivity index (χ0n) is 34.9. The van der Waals surface area contributed by atoms with Crippen LogP contribution in [0.15, 0.2) is 29.3 Å². The van der Waals surface area contributed by atoms with Gasteiger partial charge in [0.1, 0.15) is 6.61 Å². The first-order valence-electron chi connectivity index (χ1n) is 22.2. The summed E-state index contributed by atoms with van der Waals surface area (Å²) in [5, 5.41) is 0. The Balaban J connectivity index is 2.03. The zero-order chi connectivity index (χ0) is 39.1. The molecule has 2 unspecified atom stereocenters. The number of piperazine rings is 1. The molecule has 0 aromatic heterocycles. The Morgan fingerprint density at radius 2 is 1.22 bits per heavy atom. The average molecular weight is 755 g/mol. The fraction of sp³-hybridized carbons (Fsp3) is 0.826. The van der Waals surface area contributed by atoms with Gasteiger partial charge < -0.3 is 19.1 Å². The van der Waals surface area contributed by atoms with Gasteiger partial charge in [0.15, 0.2) is 0 Å². The van der Waals surface area contributed by atoms with Crippen LogP contribution in [0.25, 0.3) is 0 Å². The maximum absolute atomic E-state index is 13.2. The molecule has 0 N–H and O–H groups in total. The molecule has 2 atom stereocenters. The van der Waals surface area contributed by atoms with Gasteiger partial charge in [-0.3, -0.25) is 19.3 Å². The van der Waals surface area contributed by atoms with E-state index in [9.17, 15) is 14.4 Å². The second kappa shape index (κ2) is 31.6. The van der Waals surface area contributed by atoms with E-state index in [4.69, 9.17) is 14.2 Å². The summed E-state index contributed by atoms with van der Waals surface area (Å²) in [6.45, 7) is 14.4. The number of unbranched alkanes of at least 4 members (excludes halogenated alkanes) is 4. The minimum Gasteiger partial charge on any atom is -0.466 e. The highest BCUT2D eigenvalue weighted by Gasteiger charge is 2.24. The topological polar surface area (TPSA) is 85.4 Å². The van der Waals surface area contributed by atoms with E-state index in [2.05, 4.69) is 54.5 Å². The molecule has 2 aliphatic heterocycles. The molecule has 0 spiro atoms. The van der Waals surface area contributed by atoms with Crippen molar-refractivity contribution in [3.63, 3.8) is 0 Å². The van der Waals surface area contributed by atoms with Gasteiger partial charge in [0.25, 0.3) is 0 Å². The number of carbonyl (C=O) groups excluding carboxylic acids is 3. The van der Waals surface area contributed by atoms with Crippen LogP contribution in [0.2, 0.25) is 0 Å². The minimum absolute atomic E-state index is 0.0428. The number of carbonyl (C=O) groups is 3. The number of cyclic esters (lactones) is 2. The van der Waals surface area contributed by atoms with Crippen molar-refractivity contribution >= 4 is 17.9 Å². The monoisotopic (exact) mass is 755 g/mol. The molecule has 0 amide bonds. The van der Waals surface area contributed by atoms with E-state index in [-0.39, 0.29) is 35.7 Å². The van der Waals surface area contributed by atoms with Crippen molar-refractivity contribution in [1.29, 1.82) is 0 Å². The van der Waals surface area contributed by atoms with Crippen molar-refractivity contribution in [2.45, 2.75) is 168 Å². The summed E-state index contributed by atoms with van der Waals surface area (Å²) in [5.41, 5.74) is 10.4. The molecule has 54 heavy (non-hydrogen) atoms. The molecule has 308 valence electrons. The first kappa shape index (κ1) is 47.6. The summed E-state index contributed by atoms with van der Waals surface area (Å²) in [6, 6.07) is 0. The van der Waals surface area contributed by atoms with Crippen LogP contribution in [0.3, 0.4) is 0 Å². The third kappa shape index (κ3) is 22.7. The summed E-state index contributed by atoms with van der Waals surface area (Å²) >= 11 is 0. The number of hydrogen-bond donors (Lipinski definition) is 0. The summed E-state index contributed by atoms with van der Waals surface area (Å²) in [4.78, 5) is 43.5. The fourth-order valence-corrected chi connectivity index (χ4v) is 7.85. The maximum atomic E-state index is 13.2. The van der Waals surface area contributed by atoms with Crippen molar-refractivity contribution in [3.8, 4) is 0 Å². The van der Waals surface area contributed by atoms with Gasteiger partial charge in [-0.25, -0.2) is 0 Å². The van der Waals surface area contributed by atoms with Crippen LogP contribution in [0.4, 0.5) is 0 Å². The fourth-order valence-electron chi connectivity index (χ4n) is 7.85. The molecule has 2 aliphatic rings. The quantitative estimate of drug-likeness (QED) is 0.0843. The number of nitrogens with zero attached hydrogens (tertiary/aromatic N) is 2. The van der Waals surface area contributed by atoms with Crippen molar-refractivity contribution in [3.05, 3.63) is 29.3 Å². The van der Waals surface area contributed by atoms with Gasteiger partial charge in [-0.05, 0) is 88.1 Å². The highest BCUT2D eigenvalue weighted by atomic mass is 16.5. The molecule has 2 rings (SSSR count). The molecule has 2 heterocycles. The number of rotatable bonds is 12. The Kier molecular flexibility index (Phi) is 27.8. The van der Waals surface area contributed by atoms with Gasteiger partial charge in [-0.1, -0.05) is 115 Å². The van der Waals surface area contributed by atoms with Crippen molar-refractivity contribution < 1.29 is 28.6 Å². The molecule has 0 aliphatic carbocycles. The molecule has 0 saturated carbocycles. The van der Waals surface area contributed by atoms with E-state index in [0.29, 0.717) is 32.7 Å². The summed E-state index contributed by atoms with van der Waals surface area (Å²) in [7, 11) is 2.15. The molecule has 2 fully saturated rings. The van der Waals surface area contributed by atoms with Crippen LogP contribution in [0.5, 0.6) is 0 Å². The van der Waals surface area contributed by atoms with Crippen molar-refractivity contribution in [2.24, 2.45) is 17.8 Å². The molecular weight excluding hydrogens is 677 g/mol. The number of ether oxygens (including phenoxy) is 3. The number of esters is 3. The lowest BCUT2D eigenvalue weighted by Gasteiger charge is -2.32. The molecule has 2 saturated heterocycles. The van der Waals surface area contributed by atoms with Crippen LogP contribution in [-0.4, -0.2) is 87.3 Å². The third-order valence-corrected chi connectivity index (χ3v) is 11.4. The largest absolute Gasteiger partial charge is 0.466 e. The zero-order valence-corrected chi connectivity index (χ0v) is 34.9. The second-order valence-corrected chi connectivity index (χ2v) is 15.9. The first-order valence-corrected chi connectivity index (χ1v) is 22.2. The predicted molar refractivity (Wildman–Crippen MR) is 219 cm³/mol. The Morgan fingerprint density at radius 1 is 0.722 bits per heavy atom. The maximum Gasteiger partial charge on any atom is 0.308 e. The number of hydrogen-bond acceptors (Lipinski definition) is 8. The normalized spacial score (nSPS) is 23.6. The van der Waals surface area contributed by atoms with Crippen LogP contribution in [-0.2, 0) is 28.6 Å². The summed E-state index contributed by atoms with van der Waals surface area (Å²) in [6.07, 6.45) is 22.7. The third-order valence-electron chi connectivity index (χ3n) is 11.4.